The van der Waals surface area contributed by atoms with Crippen molar-refractivity contribution < 1.29 is 4.79 Å². The molecule has 0 fully saturated rings. The summed E-state index contributed by atoms with van der Waals surface area (Å²) in [6.45, 7) is 6.40. The molecule has 0 aliphatic heterocycles. The fourth-order valence-corrected chi connectivity index (χ4v) is 3.69. The van der Waals surface area contributed by atoms with Crippen molar-refractivity contribution in [1.29, 1.82) is 0 Å². The number of hydrogen-bond acceptors (Lipinski definition) is 1. The summed E-state index contributed by atoms with van der Waals surface area (Å²) in [5.74, 6) is 0. The van der Waals surface area contributed by atoms with Crippen molar-refractivity contribution in [3.8, 4) is 0 Å². The monoisotopic (exact) mass is 348 g/mol. The minimum atomic E-state index is -0.0386. The van der Waals surface area contributed by atoms with E-state index in [0.717, 1.165) is 42.5 Å². The van der Waals surface area contributed by atoms with E-state index in [9.17, 15) is 4.79 Å². The number of benzene rings is 2. The molecule has 0 aliphatic carbocycles. The van der Waals surface area contributed by atoms with E-state index in [0.29, 0.717) is 0 Å². The SMILES string of the molecule is CCCc1c(CCC)n(C(=O)N[C@@H](C)c2ccccc2)c2ccccc12. The van der Waals surface area contributed by atoms with Crippen LogP contribution in [-0.2, 0) is 12.8 Å². The van der Waals surface area contributed by atoms with Crippen LogP contribution in [0.2, 0.25) is 0 Å². The van der Waals surface area contributed by atoms with Crippen molar-refractivity contribution in [3.63, 3.8) is 0 Å². The Balaban J connectivity index is 2.02. The van der Waals surface area contributed by atoms with Gasteiger partial charge in [0.2, 0.25) is 0 Å². The Morgan fingerprint density at radius 1 is 0.962 bits per heavy atom. The summed E-state index contributed by atoms with van der Waals surface area (Å²) in [5, 5.41) is 4.39. The second-order valence-electron chi connectivity index (χ2n) is 6.86. The largest absolute Gasteiger partial charge is 0.331 e. The first kappa shape index (κ1) is 18.2. The Morgan fingerprint density at radius 2 is 1.62 bits per heavy atom. The maximum Gasteiger partial charge on any atom is 0.326 e. The van der Waals surface area contributed by atoms with Gasteiger partial charge in [-0.05, 0) is 37.0 Å². The molecule has 0 saturated heterocycles. The van der Waals surface area contributed by atoms with Gasteiger partial charge in [-0.2, -0.15) is 0 Å². The van der Waals surface area contributed by atoms with E-state index in [4.69, 9.17) is 0 Å². The second kappa shape index (κ2) is 8.22. The summed E-state index contributed by atoms with van der Waals surface area (Å²) in [6, 6.07) is 18.3. The van der Waals surface area contributed by atoms with Crippen molar-refractivity contribution in [1.82, 2.24) is 9.88 Å². The molecule has 0 spiro atoms. The van der Waals surface area contributed by atoms with Gasteiger partial charge < -0.3 is 5.32 Å². The van der Waals surface area contributed by atoms with Crippen LogP contribution in [0.5, 0.6) is 0 Å². The van der Waals surface area contributed by atoms with E-state index in [2.05, 4.69) is 37.4 Å². The number of aromatic nitrogens is 1. The van der Waals surface area contributed by atoms with Crippen LogP contribution < -0.4 is 5.32 Å². The lowest BCUT2D eigenvalue weighted by molar-refractivity contribution is 0.239. The molecule has 0 aliphatic rings. The highest BCUT2D eigenvalue weighted by molar-refractivity contribution is 5.95. The van der Waals surface area contributed by atoms with Crippen LogP contribution in [0.3, 0.4) is 0 Å². The number of carbonyl (C=O) groups is 1. The summed E-state index contributed by atoms with van der Waals surface area (Å²) in [7, 11) is 0. The molecule has 1 atom stereocenters. The minimum Gasteiger partial charge on any atom is -0.331 e. The molecule has 1 amide bonds. The maximum atomic E-state index is 13.2. The number of aryl methyl sites for hydroxylation is 1. The number of hydrogen-bond donors (Lipinski definition) is 1. The van der Waals surface area contributed by atoms with Crippen LogP contribution in [0.25, 0.3) is 10.9 Å². The van der Waals surface area contributed by atoms with Gasteiger partial charge in [-0.1, -0.05) is 75.2 Å². The van der Waals surface area contributed by atoms with Crippen molar-refractivity contribution in [2.75, 3.05) is 0 Å². The molecule has 0 bridgehead atoms. The van der Waals surface area contributed by atoms with Crippen LogP contribution in [0.4, 0.5) is 4.79 Å². The van der Waals surface area contributed by atoms with Crippen LogP contribution in [-0.4, -0.2) is 10.6 Å². The standard InChI is InChI=1S/C23H28N2O/c1-4-11-19-20-15-9-10-16-22(20)25(21(19)12-5-2)23(26)24-17(3)18-13-7-6-8-14-18/h6-10,13-17H,4-5,11-12H2,1-3H3,(H,24,26)/t17-/m0/s1. The molecule has 136 valence electrons. The summed E-state index contributed by atoms with van der Waals surface area (Å²) in [4.78, 5) is 13.2. The maximum absolute atomic E-state index is 13.2. The summed E-state index contributed by atoms with van der Waals surface area (Å²) in [5.41, 5.74) is 4.61. The molecule has 1 aromatic heterocycles. The number of para-hydroxylation sites is 1. The van der Waals surface area contributed by atoms with Gasteiger partial charge in [-0.15, -0.1) is 0 Å². The molecule has 3 nitrogen and oxygen atoms in total. The third-order valence-electron chi connectivity index (χ3n) is 4.92. The van der Waals surface area contributed by atoms with Gasteiger partial charge in [-0.3, -0.25) is 4.57 Å². The fraction of sp³-hybridized carbons (Fsp3) is 0.348. The number of amides is 1. The van der Waals surface area contributed by atoms with Crippen LogP contribution in [0, 0.1) is 0 Å². The smallest absolute Gasteiger partial charge is 0.326 e. The van der Waals surface area contributed by atoms with Gasteiger partial charge >= 0.3 is 6.03 Å². The zero-order valence-corrected chi connectivity index (χ0v) is 16.0. The first-order chi connectivity index (χ1) is 12.7. The first-order valence-electron chi connectivity index (χ1n) is 9.64. The fourth-order valence-electron chi connectivity index (χ4n) is 3.69. The van der Waals surface area contributed by atoms with Crippen molar-refractivity contribution in [2.45, 2.75) is 52.5 Å². The highest BCUT2D eigenvalue weighted by Crippen LogP contribution is 2.29. The van der Waals surface area contributed by atoms with Crippen molar-refractivity contribution >= 4 is 16.9 Å². The number of fused-ring (bicyclic) bond motifs is 1. The van der Waals surface area contributed by atoms with E-state index >= 15 is 0 Å². The molecular weight excluding hydrogens is 320 g/mol. The number of rotatable bonds is 6. The second-order valence-corrected chi connectivity index (χ2v) is 6.86. The normalized spacial score (nSPS) is 12.3. The minimum absolute atomic E-state index is 0.0334. The van der Waals surface area contributed by atoms with E-state index in [1.54, 1.807) is 0 Å². The average molecular weight is 348 g/mol. The molecule has 2 aromatic carbocycles. The lowest BCUT2D eigenvalue weighted by atomic mass is 10.0. The number of nitrogens with one attached hydrogen (secondary N) is 1. The molecule has 0 saturated carbocycles. The third kappa shape index (κ3) is 3.52. The Labute approximate surface area is 156 Å². The van der Waals surface area contributed by atoms with E-state index in [1.165, 1.54) is 10.9 Å². The van der Waals surface area contributed by atoms with Gasteiger partial charge in [0.25, 0.3) is 0 Å². The lowest BCUT2D eigenvalue weighted by Gasteiger charge is -2.17. The van der Waals surface area contributed by atoms with Crippen LogP contribution in [0.1, 0.15) is 56.5 Å². The number of nitrogens with zero attached hydrogens (tertiary/aromatic N) is 1. The van der Waals surface area contributed by atoms with E-state index in [1.807, 2.05) is 47.9 Å². The average Bonchev–Trinajstić information content (AvgIpc) is 2.97. The summed E-state index contributed by atoms with van der Waals surface area (Å²) < 4.78 is 1.91. The van der Waals surface area contributed by atoms with Gasteiger partial charge in [-0.25, -0.2) is 4.79 Å². The quantitative estimate of drug-likeness (QED) is 0.594. The Bertz CT molecular complexity index is 880. The highest BCUT2D eigenvalue weighted by Gasteiger charge is 2.21. The number of carbonyl (C=O) groups excluding carboxylic acids is 1. The van der Waals surface area contributed by atoms with Gasteiger partial charge in [0.1, 0.15) is 0 Å². The predicted octanol–water partition coefficient (Wildman–Crippen LogP) is 5.87. The lowest BCUT2D eigenvalue weighted by Crippen LogP contribution is -2.32. The van der Waals surface area contributed by atoms with Gasteiger partial charge in [0.05, 0.1) is 11.6 Å². The zero-order valence-electron chi connectivity index (χ0n) is 16.0. The Kier molecular flexibility index (Phi) is 5.77. The molecule has 0 radical (unpaired) electrons. The molecule has 1 N–H and O–H groups in total. The predicted molar refractivity (Wildman–Crippen MR) is 109 cm³/mol. The van der Waals surface area contributed by atoms with Crippen molar-refractivity contribution in [2.24, 2.45) is 0 Å². The van der Waals surface area contributed by atoms with E-state index < -0.39 is 0 Å². The molecule has 0 unspecified atom stereocenters. The first-order valence-corrected chi connectivity index (χ1v) is 9.64. The summed E-state index contributed by atoms with van der Waals surface area (Å²) in [6.07, 6.45) is 4.02. The molecule has 3 rings (SSSR count). The Morgan fingerprint density at radius 3 is 2.31 bits per heavy atom. The Hall–Kier alpha value is -2.55. The molecule has 3 aromatic rings. The van der Waals surface area contributed by atoms with Crippen molar-refractivity contribution in [3.05, 3.63) is 71.4 Å². The van der Waals surface area contributed by atoms with Gasteiger partial charge in [0, 0.05) is 11.1 Å². The highest BCUT2D eigenvalue weighted by atomic mass is 16.2. The third-order valence-corrected chi connectivity index (χ3v) is 4.92. The molecular formula is C23H28N2O. The van der Waals surface area contributed by atoms with Crippen LogP contribution in [0.15, 0.2) is 54.6 Å². The molecule has 1 heterocycles. The topological polar surface area (TPSA) is 34.0 Å². The van der Waals surface area contributed by atoms with E-state index in [-0.39, 0.29) is 12.1 Å². The zero-order chi connectivity index (χ0) is 18.5. The molecule has 26 heavy (non-hydrogen) atoms. The molecule has 3 heteroatoms. The van der Waals surface area contributed by atoms with Crippen LogP contribution >= 0.6 is 0 Å². The van der Waals surface area contributed by atoms with Gasteiger partial charge in [0.15, 0.2) is 0 Å². The summed E-state index contributed by atoms with van der Waals surface area (Å²) >= 11 is 0.